The van der Waals surface area contributed by atoms with Crippen molar-refractivity contribution in [3.8, 4) is 17.1 Å². The number of rotatable bonds is 6. The van der Waals surface area contributed by atoms with Crippen LogP contribution in [0.5, 0.6) is 0 Å². The third kappa shape index (κ3) is 6.37. The van der Waals surface area contributed by atoms with E-state index in [1.54, 1.807) is 0 Å². The third-order valence-corrected chi connectivity index (χ3v) is 28.2. The second-order valence-corrected chi connectivity index (χ2v) is 30.3. The molecule has 386 valence electrons. The Morgan fingerprint density at radius 2 is 0.415 bits per heavy atom. The number of anilines is 9. The van der Waals surface area contributed by atoms with Crippen molar-refractivity contribution >= 4 is 148 Å². The van der Waals surface area contributed by atoms with Crippen LogP contribution in [0.2, 0.25) is 0 Å². The van der Waals surface area contributed by atoms with Crippen LogP contribution in [0.1, 0.15) is 16.7 Å². The van der Waals surface area contributed by atoms with Gasteiger partial charge >= 0.3 is 486 Å². The van der Waals surface area contributed by atoms with Gasteiger partial charge in [0.05, 0.1) is 0 Å². The Labute approximate surface area is 482 Å². The van der Waals surface area contributed by atoms with E-state index in [1.807, 2.05) is 0 Å². The number of para-hydroxylation sites is 6. The zero-order valence-electron chi connectivity index (χ0n) is 45.4. The first-order valence-corrected chi connectivity index (χ1v) is 33.6. The van der Waals surface area contributed by atoms with E-state index in [2.05, 4.69) is 304 Å². The van der Waals surface area contributed by atoms with Crippen LogP contribution in [-0.4, -0.2) is 35.5 Å². The topological polar surface area (TPSA) is 24.5 Å². The second kappa shape index (κ2) is 17.2. The number of fused-ring (bicyclic) bond motifs is 9. The Morgan fingerprint density at radius 3 is 0.622 bits per heavy atom. The van der Waals surface area contributed by atoms with Crippen molar-refractivity contribution in [3.05, 3.63) is 271 Å². The summed E-state index contributed by atoms with van der Waals surface area (Å²) in [6.07, 6.45) is 0. The van der Waals surface area contributed by atoms with E-state index in [0.717, 1.165) is 34.1 Å². The number of hydrogen-bond donors (Lipinski definition) is 0. The molecular weight excluding hydrogens is 1190 g/mol. The molecule has 0 radical (unpaired) electrons. The van der Waals surface area contributed by atoms with Crippen LogP contribution in [0.3, 0.4) is 0 Å². The van der Waals surface area contributed by atoms with Crippen LogP contribution >= 0.6 is 0 Å². The summed E-state index contributed by atoms with van der Waals surface area (Å²) < 4.78 is 12.0. The molecule has 3 aliphatic rings. The molecule has 0 aliphatic carbocycles. The molecule has 0 saturated carbocycles. The molecule has 7 heteroatoms. The van der Waals surface area contributed by atoms with Gasteiger partial charge in [0.1, 0.15) is 0 Å². The van der Waals surface area contributed by atoms with E-state index in [-0.39, 0.29) is 0 Å². The summed E-state index contributed by atoms with van der Waals surface area (Å²) in [6, 6.07) is 96.9. The summed E-state index contributed by atoms with van der Waals surface area (Å²) in [5, 5.41) is 7.47. The minimum absolute atomic E-state index is 1.13. The number of hydrogen-bond acceptors (Lipinski definition) is 3. The van der Waals surface area contributed by atoms with Crippen molar-refractivity contribution in [2.45, 2.75) is 20.8 Å². The summed E-state index contributed by atoms with van der Waals surface area (Å²) in [5.74, 6) is 0. The van der Waals surface area contributed by atoms with Crippen molar-refractivity contribution in [1.29, 1.82) is 0 Å². The number of aryl methyl sites for hydroxylation is 3. The molecule has 6 heterocycles. The molecule has 82 heavy (non-hydrogen) atoms. The fourth-order valence-corrected chi connectivity index (χ4v) is 25.9. The molecule has 0 atom stereocenters. The first-order valence-electron chi connectivity index (χ1n) is 28.3. The van der Waals surface area contributed by atoms with E-state index in [4.69, 9.17) is 0 Å². The van der Waals surface area contributed by atoms with Crippen molar-refractivity contribution in [3.63, 3.8) is 0 Å². The van der Waals surface area contributed by atoms with Gasteiger partial charge in [0.2, 0.25) is 0 Å². The molecular formula is C75H51BiN6. The Hall–Kier alpha value is -9.68. The minimum atomic E-state index is -3.57. The normalized spacial score (nSPS) is 13.4. The number of benzene rings is 12. The summed E-state index contributed by atoms with van der Waals surface area (Å²) in [7, 11) is 0. The molecule has 6 nitrogen and oxygen atoms in total. The van der Waals surface area contributed by atoms with Gasteiger partial charge in [-0.25, -0.2) is 0 Å². The first-order chi connectivity index (χ1) is 40.4. The van der Waals surface area contributed by atoms with Gasteiger partial charge in [0, 0.05) is 0 Å². The zero-order chi connectivity index (χ0) is 54.1. The SMILES string of the molecule is Cc1ccc(N2c3cc(-n4c5ccccc5c5ccccc54)cc4[c]3[Bi]3[c]5c2cc(-n2c6ccccc6c6ccccc62)cc5N(c2ccc(C)cc2)c2cc(-n5c6ccccc6c6ccccc65)cc([c]23)N4c2ccc(C)cc2)cc1. The van der Waals surface area contributed by atoms with Gasteiger partial charge < -0.3 is 0 Å². The molecule has 3 aliphatic heterocycles. The van der Waals surface area contributed by atoms with Crippen LogP contribution in [0.4, 0.5) is 51.2 Å². The van der Waals surface area contributed by atoms with Crippen LogP contribution in [0, 0.1) is 20.8 Å². The predicted molar refractivity (Wildman–Crippen MR) is 346 cm³/mol. The Bertz CT molecular complexity index is 4460. The quantitative estimate of drug-likeness (QED) is 0.155. The first kappa shape index (κ1) is 46.1. The average Bonchev–Trinajstić information content (AvgIpc) is 2.88. The Kier molecular flexibility index (Phi) is 9.66. The van der Waals surface area contributed by atoms with Gasteiger partial charge in [0.25, 0.3) is 0 Å². The molecule has 0 unspecified atom stereocenters. The Balaban J connectivity index is 1.05. The standard InChI is InChI=1S/C75H51N6.Bi/c1-49-28-34-52(35-29-49)76-55-40-57(45-61(43-55)79-70-22-10-4-16-64(70)65-17-5-11-23-71(65)79)77(53-36-30-50(2)31-37-53)59-42-60(48-63(47-59)81-74-26-14-8-20-68(74)69-21-9-15-27-75(69)81)78(54-38-32-51(3)33-39-54)58-41-56(76)44-62(46-58)80-72-24-12-6-18-66(72)67-19-7-13-25-73(67)80;/h4-39,43-48H,1-3H3;. The van der Waals surface area contributed by atoms with Gasteiger partial charge in [-0.2, -0.15) is 0 Å². The maximum absolute atomic E-state index is 3.57. The van der Waals surface area contributed by atoms with Crippen LogP contribution < -0.4 is 24.5 Å². The molecule has 0 saturated heterocycles. The summed E-state index contributed by atoms with van der Waals surface area (Å²) >= 11 is -3.57. The van der Waals surface area contributed by atoms with E-state index in [1.165, 1.54) is 126 Å². The summed E-state index contributed by atoms with van der Waals surface area (Å²) in [5.41, 5.74) is 25.1. The predicted octanol–water partition coefficient (Wildman–Crippen LogP) is 17.8. The van der Waals surface area contributed by atoms with E-state index in [0.29, 0.717) is 0 Å². The van der Waals surface area contributed by atoms with E-state index < -0.39 is 21.8 Å². The van der Waals surface area contributed by atoms with Crippen molar-refractivity contribution in [2.75, 3.05) is 14.7 Å². The van der Waals surface area contributed by atoms with E-state index in [9.17, 15) is 0 Å². The Morgan fingerprint density at radius 1 is 0.220 bits per heavy atom. The maximum atomic E-state index is 2.65. The third-order valence-electron chi connectivity index (χ3n) is 17.7. The van der Waals surface area contributed by atoms with E-state index >= 15 is 0 Å². The molecule has 0 bridgehead atoms. The summed E-state index contributed by atoms with van der Waals surface area (Å²) in [6.45, 7) is 6.60. The molecule has 12 aromatic carbocycles. The van der Waals surface area contributed by atoms with Gasteiger partial charge in [-0.3, -0.25) is 0 Å². The van der Waals surface area contributed by atoms with Crippen LogP contribution in [0.15, 0.2) is 255 Å². The average molecular weight is 1250 g/mol. The van der Waals surface area contributed by atoms with Crippen molar-refractivity contribution < 1.29 is 0 Å². The molecule has 0 spiro atoms. The van der Waals surface area contributed by atoms with Crippen LogP contribution in [0.25, 0.3) is 82.5 Å². The van der Waals surface area contributed by atoms with Gasteiger partial charge in [-0.05, 0) is 0 Å². The van der Waals surface area contributed by atoms with Gasteiger partial charge in [-0.1, -0.05) is 0 Å². The molecule has 15 aromatic rings. The molecule has 18 rings (SSSR count). The monoisotopic (exact) mass is 1240 g/mol. The van der Waals surface area contributed by atoms with Crippen molar-refractivity contribution in [2.24, 2.45) is 0 Å². The molecule has 0 fully saturated rings. The van der Waals surface area contributed by atoms with Crippen LogP contribution in [-0.2, 0) is 0 Å². The second-order valence-electron chi connectivity index (χ2n) is 22.5. The molecule has 0 N–H and O–H groups in total. The number of nitrogens with zero attached hydrogens (tertiary/aromatic N) is 6. The fourth-order valence-electron chi connectivity index (χ4n) is 14.1. The number of aromatic nitrogens is 3. The molecule has 3 aromatic heterocycles. The fraction of sp³-hybridized carbons (Fsp3) is 0.0400. The van der Waals surface area contributed by atoms with Gasteiger partial charge in [-0.15, -0.1) is 0 Å². The van der Waals surface area contributed by atoms with Gasteiger partial charge in [0.15, 0.2) is 0 Å². The molecule has 0 amide bonds. The van der Waals surface area contributed by atoms with Crippen molar-refractivity contribution in [1.82, 2.24) is 13.7 Å². The zero-order valence-corrected chi connectivity index (χ0v) is 48.9. The summed E-state index contributed by atoms with van der Waals surface area (Å²) in [4.78, 5) is 7.96.